The molecule has 8 heteroatoms. The van der Waals surface area contributed by atoms with E-state index in [1.165, 1.54) is 32.1 Å². The number of hydrogen-bond donors (Lipinski definition) is 1. The van der Waals surface area contributed by atoms with Crippen LogP contribution in [0, 0.1) is 0 Å². The fraction of sp³-hybridized carbons (Fsp3) is 0.593. The van der Waals surface area contributed by atoms with Crippen molar-refractivity contribution in [2.24, 2.45) is 0 Å². The van der Waals surface area contributed by atoms with Gasteiger partial charge in [-0.2, -0.15) is 0 Å². The summed E-state index contributed by atoms with van der Waals surface area (Å²) in [7, 11) is 2.17. The van der Waals surface area contributed by atoms with Crippen LogP contribution >= 0.6 is 11.8 Å². The minimum Gasteiger partial charge on any atom is -0.379 e. The Morgan fingerprint density at radius 1 is 1.17 bits per heavy atom. The molecule has 1 saturated carbocycles. The largest absolute Gasteiger partial charge is 0.379 e. The number of carbonyl (C=O) groups is 1. The molecular formula is C27H39N5O2S. The van der Waals surface area contributed by atoms with Gasteiger partial charge in [-0.15, -0.1) is 0 Å². The molecule has 2 heterocycles. The minimum atomic E-state index is -0.0225. The van der Waals surface area contributed by atoms with E-state index < -0.39 is 0 Å². The molecule has 2 aliphatic rings. The van der Waals surface area contributed by atoms with E-state index in [1.807, 2.05) is 18.2 Å². The molecule has 1 aliphatic heterocycles. The normalized spacial score (nSPS) is 17.3. The van der Waals surface area contributed by atoms with E-state index in [1.54, 1.807) is 11.8 Å². The first-order chi connectivity index (χ1) is 17.1. The van der Waals surface area contributed by atoms with Gasteiger partial charge in [0.15, 0.2) is 5.16 Å². The van der Waals surface area contributed by atoms with Gasteiger partial charge >= 0.3 is 0 Å². The predicted molar refractivity (Wildman–Crippen MR) is 142 cm³/mol. The Hall–Kier alpha value is -2.16. The van der Waals surface area contributed by atoms with E-state index in [9.17, 15) is 4.79 Å². The van der Waals surface area contributed by atoms with Gasteiger partial charge in [-0.05, 0) is 37.0 Å². The number of rotatable bonds is 10. The zero-order valence-electron chi connectivity index (χ0n) is 21.2. The van der Waals surface area contributed by atoms with E-state index >= 15 is 0 Å². The molecule has 1 amide bonds. The molecule has 1 aromatic carbocycles. The highest BCUT2D eigenvalue weighted by Gasteiger charge is 2.20. The number of hydrogen-bond acceptors (Lipinski definition) is 7. The lowest BCUT2D eigenvalue weighted by atomic mass is 9.94. The van der Waals surface area contributed by atoms with Gasteiger partial charge in [0.05, 0.1) is 13.2 Å². The molecule has 1 N–H and O–H groups in total. The Morgan fingerprint density at radius 3 is 2.74 bits per heavy atom. The van der Waals surface area contributed by atoms with Gasteiger partial charge < -0.3 is 15.0 Å². The van der Waals surface area contributed by atoms with Crippen LogP contribution in [0.1, 0.15) is 60.6 Å². The molecule has 0 atom stereocenters. The van der Waals surface area contributed by atoms with E-state index in [2.05, 4.69) is 41.2 Å². The first-order valence-electron chi connectivity index (χ1n) is 13.0. The number of nitrogens with one attached hydrogen (secondary N) is 1. The summed E-state index contributed by atoms with van der Waals surface area (Å²) in [5, 5.41) is 3.86. The van der Waals surface area contributed by atoms with Crippen LogP contribution in [0.15, 0.2) is 35.5 Å². The first kappa shape index (κ1) is 25.9. The highest BCUT2D eigenvalue weighted by molar-refractivity contribution is 7.98. The van der Waals surface area contributed by atoms with Crippen molar-refractivity contribution >= 4 is 23.5 Å². The number of aryl methyl sites for hydroxylation is 1. The Labute approximate surface area is 214 Å². The summed E-state index contributed by atoms with van der Waals surface area (Å²) in [4.78, 5) is 27.0. The quantitative estimate of drug-likeness (QED) is 0.390. The fourth-order valence-corrected chi connectivity index (χ4v) is 5.56. The molecule has 190 valence electrons. The number of morpholine rings is 1. The van der Waals surface area contributed by atoms with Crippen molar-refractivity contribution in [3.05, 3.63) is 47.2 Å². The number of benzene rings is 1. The average Bonchev–Trinajstić information content (AvgIpc) is 2.92. The van der Waals surface area contributed by atoms with Crippen LogP contribution in [-0.4, -0.2) is 73.3 Å². The number of thioether (sulfide) groups is 1. The van der Waals surface area contributed by atoms with Crippen LogP contribution in [0.2, 0.25) is 0 Å². The molecule has 0 unspecified atom stereocenters. The van der Waals surface area contributed by atoms with Gasteiger partial charge in [0, 0.05) is 62.3 Å². The Morgan fingerprint density at radius 2 is 1.97 bits per heavy atom. The first-order valence-corrected chi connectivity index (χ1v) is 14.0. The molecule has 0 bridgehead atoms. The second-order valence-electron chi connectivity index (χ2n) is 9.46. The molecule has 0 radical (unpaired) electrons. The molecular weight excluding hydrogens is 458 g/mol. The lowest BCUT2D eigenvalue weighted by molar-refractivity contribution is 0.0383. The van der Waals surface area contributed by atoms with Gasteiger partial charge in [-0.1, -0.05) is 50.1 Å². The Bertz CT molecular complexity index is 960. The van der Waals surface area contributed by atoms with Crippen LogP contribution in [0.5, 0.6) is 0 Å². The maximum atomic E-state index is 12.7. The number of carbonyl (C=O) groups excluding carboxylic acids is 1. The van der Waals surface area contributed by atoms with Crippen molar-refractivity contribution in [3.63, 3.8) is 0 Å². The third-order valence-electron chi connectivity index (χ3n) is 6.97. The van der Waals surface area contributed by atoms with Gasteiger partial charge in [-0.3, -0.25) is 9.69 Å². The fourth-order valence-electron chi connectivity index (χ4n) is 4.75. The summed E-state index contributed by atoms with van der Waals surface area (Å²) in [6.07, 6.45) is 7.33. The van der Waals surface area contributed by atoms with Gasteiger partial charge in [-0.25, -0.2) is 9.97 Å². The van der Waals surface area contributed by atoms with Crippen molar-refractivity contribution in [3.8, 4) is 0 Å². The molecule has 2 fully saturated rings. The Balaban J connectivity index is 1.34. The molecule has 35 heavy (non-hydrogen) atoms. The monoisotopic (exact) mass is 497 g/mol. The topological polar surface area (TPSA) is 70.6 Å². The number of anilines is 1. The smallest absolute Gasteiger partial charge is 0.251 e. The van der Waals surface area contributed by atoms with Crippen molar-refractivity contribution in [1.82, 2.24) is 20.2 Å². The van der Waals surface area contributed by atoms with E-state index in [-0.39, 0.29) is 5.91 Å². The molecule has 1 aromatic heterocycles. The average molecular weight is 498 g/mol. The van der Waals surface area contributed by atoms with Crippen LogP contribution in [0.3, 0.4) is 0 Å². The van der Waals surface area contributed by atoms with Crippen molar-refractivity contribution < 1.29 is 9.53 Å². The van der Waals surface area contributed by atoms with E-state index in [0.29, 0.717) is 18.2 Å². The summed E-state index contributed by atoms with van der Waals surface area (Å²) in [5.74, 6) is 1.74. The van der Waals surface area contributed by atoms with Crippen LogP contribution in [0.25, 0.3) is 0 Å². The zero-order chi connectivity index (χ0) is 24.5. The lowest BCUT2D eigenvalue weighted by Crippen LogP contribution is -2.41. The molecule has 7 nitrogen and oxygen atoms in total. The summed E-state index contributed by atoms with van der Waals surface area (Å²) >= 11 is 1.64. The second-order valence-corrected chi connectivity index (χ2v) is 10.4. The minimum absolute atomic E-state index is 0.0225. The molecule has 4 rings (SSSR count). The van der Waals surface area contributed by atoms with Crippen LogP contribution < -0.4 is 10.2 Å². The summed E-state index contributed by atoms with van der Waals surface area (Å²) in [5.41, 5.74) is 2.88. The number of amides is 1. The van der Waals surface area contributed by atoms with Gasteiger partial charge in [0.2, 0.25) is 0 Å². The Kier molecular flexibility index (Phi) is 9.80. The van der Waals surface area contributed by atoms with Gasteiger partial charge in [0.25, 0.3) is 5.91 Å². The predicted octanol–water partition coefficient (Wildman–Crippen LogP) is 4.16. The van der Waals surface area contributed by atoms with Crippen molar-refractivity contribution in [2.75, 3.05) is 51.3 Å². The summed E-state index contributed by atoms with van der Waals surface area (Å²) < 4.78 is 5.38. The molecule has 0 spiro atoms. The lowest BCUT2D eigenvalue weighted by Gasteiger charge is -2.32. The number of nitrogens with zero attached hydrogens (tertiary/aromatic N) is 4. The van der Waals surface area contributed by atoms with Crippen LogP contribution in [-0.2, 0) is 16.9 Å². The molecule has 2 aromatic rings. The van der Waals surface area contributed by atoms with E-state index in [4.69, 9.17) is 14.7 Å². The third kappa shape index (κ3) is 7.66. The van der Waals surface area contributed by atoms with Gasteiger partial charge in [0.1, 0.15) is 5.82 Å². The zero-order valence-corrected chi connectivity index (χ0v) is 22.0. The second kappa shape index (κ2) is 13.2. The van der Waals surface area contributed by atoms with E-state index in [0.717, 1.165) is 67.3 Å². The number of aromatic nitrogens is 2. The highest BCUT2D eigenvalue weighted by Crippen LogP contribution is 2.28. The van der Waals surface area contributed by atoms with Crippen molar-refractivity contribution in [2.45, 2.75) is 62.4 Å². The van der Waals surface area contributed by atoms with Crippen molar-refractivity contribution in [1.29, 1.82) is 0 Å². The maximum absolute atomic E-state index is 12.7. The number of ether oxygens (including phenoxy) is 1. The highest BCUT2D eigenvalue weighted by atomic mass is 32.2. The molecule has 1 saturated heterocycles. The summed E-state index contributed by atoms with van der Waals surface area (Å²) in [6.45, 7) is 7.06. The molecule has 1 aliphatic carbocycles. The van der Waals surface area contributed by atoms with Crippen LogP contribution in [0.4, 0.5) is 5.82 Å². The maximum Gasteiger partial charge on any atom is 0.251 e. The third-order valence-corrected chi connectivity index (χ3v) is 7.88. The SMILES string of the molecule is CCc1cc(N(C)C2CCCCC2)nc(SCc2cccc(C(=O)NCCN3CCOCC3)c2)n1. The standard InChI is InChI=1S/C27H39N5O2S/c1-3-23-19-25(31(2)24-10-5-4-6-11-24)30-27(29-23)35-20-21-8-7-9-22(18-21)26(33)28-12-13-32-14-16-34-17-15-32/h7-9,18-19,24H,3-6,10-17,20H2,1-2H3,(H,28,33). The summed E-state index contributed by atoms with van der Waals surface area (Å²) in [6, 6.07) is 10.6.